The lowest BCUT2D eigenvalue weighted by Crippen LogP contribution is -2.31. The molecule has 0 radical (unpaired) electrons. The van der Waals surface area contributed by atoms with Gasteiger partial charge in [0.2, 0.25) is 0 Å². The number of hydrogen-bond donors (Lipinski definition) is 1. The topological polar surface area (TPSA) is 90.3 Å². The number of para-hydroxylation sites is 1. The molecule has 1 aromatic heterocycles. The Morgan fingerprint density at radius 3 is 2.57 bits per heavy atom. The van der Waals surface area contributed by atoms with E-state index in [0.717, 1.165) is 10.2 Å². The second-order valence-corrected chi connectivity index (χ2v) is 5.03. The van der Waals surface area contributed by atoms with E-state index in [1.807, 2.05) is 19.1 Å². The lowest BCUT2D eigenvalue weighted by molar-refractivity contribution is -0.123. The van der Waals surface area contributed by atoms with Crippen LogP contribution >= 0.6 is 0 Å². The molecule has 0 aliphatic rings. The van der Waals surface area contributed by atoms with Crippen LogP contribution in [-0.4, -0.2) is 27.8 Å². The molecule has 0 saturated carbocycles. The largest absolute Gasteiger partial charge is 0.448 e. The van der Waals surface area contributed by atoms with Crippen molar-refractivity contribution in [2.45, 2.75) is 20.0 Å². The number of amides is 1. The summed E-state index contributed by atoms with van der Waals surface area (Å²) in [5, 5.41) is 6.48. The molecule has 1 amide bonds. The molecule has 0 spiro atoms. The van der Waals surface area contributed by atoms with Gasteiger partial charge in [-0.2, -0.15) is 5.10 Å². The van der Waals surface area contributed by atoms with E-state index >= 15 is 0 Å². The molecule has 2 rings (SSSR count). The molecular formula is C16H17N3O4. The molecule has 23 heavy (non-hydrogen) atoms. The number of benzene rings is 1. The fourth-order valence-corrected chi connectivity index (χ4v) is 1.83. The van der Waals surface area contributed by atoms with Gasteiger partial charge < -0.3 is 10.1 Å². The molecule has 0 aliphatic heterocycles. The Labute approximate surface area is 132 Å². The van der Waals surface area contributed by atoms with Crippen LogP contribution in [0.5, 0.6) is 0 Å². The molecule has 1 atom stereocenters. The van der Waals surface area contributed by atoms with Crippen molar-refractivity contribution >= 4 is 17.6 Å². The van der Waals surface area contributed by atoms with Gasteiger partial charge in [0.05, 0.1) is 0 Å². The molecule has 0 bridgehead atoms. The number of nitrogens with zero attached hydrogens (tertiary/aromatic N) is 2. The summed E-state index contributed by atoms with van der Waals surface area (Å²) in [5.74, 6) is -1.22. The van der Waals surface area contributed by atoms with E-state index in [1.165, 1.54) is 26.1 Å². The highest BCUT2D eigenvalue weighted by Gasteiger charge is 2.20. The highest BCUT2D eigenvalue weighted by atomic mass is 16.5. The third-order valence-corrected chi connectivity index (χ3v) is 3.23. The molecule has 7 nitrogen and oxygen atoms in total. The zero-order valence-electron chi connectivity index (χ0n) is 13.1. The number of aryl methyl sites for hydroxylation is 2. The van der Waals surface area contributed by atoms with Crippen molar-refractivity contribution in [3.63, 3.8) is 0 Å². The minimum atomic E-state index is -0.999. The summed E-state index contributed by atoms with van der Waals surface area (Å²) in [4.78, 5) is 35.3. The van der Waals surface area contributed by atoms with E-state index in [4.69, 9.17) is 4.74 Å². The number of anilines is 1. The number of hydrogen-bond acceptors (Lipinski definition) is 5. The quantitative estimate of drug-likeness (QED) is 0.858. The molecule has 2 aromatic rings. The first-order chi connectivity index (χ1) is 10.9. The molecule has 1 unspecified atom stereocenters. The van der Waals surface area contributed by atoms with Crippen molar-refractivity contribution in [3.8, 4) is 0 Å². The van der Waals surface area contributed by atoms with Crippen molar-refractivity contribution in [2.24, 2.45) is 7.05 Å². The van der Waals surface area contributed by atoms with Gasteiger partial charge in [0.1, 0.15) is 0 Å². The van der Waals surface area contributed by atoms with Crippen LogP contribution in [0, 0.1) is 6.92 Å². The predicted molar refractivity (Wildman–Crippen MR) is 84.2 cm³/mol. The van der Waals surface area contributed by atoms with E-state index in [-0.39, 0.29) is 11.3 Å². The fourth-order valence-electron chi connectivity index (χ4n) is 1.83. The summed E-state index contributed by atoms with van der Waals surface area (Å²) in [6, 6.07) is 9.75. The summed E-state index contributed by atoms with van der Waals surface area (Å²) < 4.78 is 6.10. The molecule has 1 N–H and O–H groups in total. The van der Waals surface area contributed by atoms with Crippen molar-refractivity contribution < 1.29 is 14.3 Å². The number of ether oxygens (including phenoxy) is 1. The third-order valence-electron chi connectivity index (χ3n) is 3.23. The van der Waals surface area contributed by atoms with E-state index < -0.39 is 18.0 Å². The van der Waals surface area contributed by atoms with Gasteiger partial charge in [-0.25, -0.2) is 9.48 Å². The highest BCUT2D eigenvalue weighted by molar-refractivity contribution is 5.97. The van der Waals surface area contributed by atoms with Crippen molar-refractivity contribution in [3.05, 3.63) is 58.0 Å². The van der Waals surface area contributed by atoms with E-state index in [9.17, 15) is 14.4 Å². The Morgan fingerprint density at radius 1 is 1.22 bits per heavy atom. The van der Waals surface area contributed by atoms with Gasteiger partial charge in [-0.15, -0.1) is 0 Å². The molecule has 0 saturated heterocycles. The predicted octanol–water partition coefficient (Wildman–Crippen LogP) is 1.27. The summed E-state index contributed by atoms with van der Waals surface area (Å²) >= 11 is 0. The first-order valence-corrected chi connectivity index (χ1v) is 7.00. The zero-order valence-corrected chi connectivity index (χ0v) is 13.1. The average molecular weight is 315 g/mol. The Balaban J connectivity index is 2.03. The molecule has 0 fully saturated rings. The van der Waals surface area contributed by atoms with Crippen LogP contribution in [0.1, 0.15) is 23.0 Å². The van der Waals surface area contributed by atoms with Gasteiger partial charge in [-0.1, -0.05) is 18.2 Å². The van der Waals surface area contributed by atoms with E-state index in [2.05, 4.69) is 10.4 Å². The second-order valence-electron chi connectivity index (χ2n) is 5.03. The summed E-state index contributed by atoms with van der Waals surface area (Å²) in [7, 11) is 1.42. The molecule has 120 valence electrons. The standard InChI is InChI=1S/C16H17N3O4/c1-10-6-4-5-7-12(10)17-15(21)11(2)23-16(22)13-8-9-14(20)19(3)18-13/h4-9,11H,1-3H3,(H,17,21). The Kier molecular flexibility index (Phi) is 4.90. The minimum Gasteiger partial charge on any atom is -0.448 e. The molecule has 7 heteroatoms. The van der Waals surface area contributed by atoms with Crippen LogP contribution in [0.15, 0.2) is 41.2 Å². The van der Waals surface area contributed by atoms with Crippen LogP contribution < -0.4 is 10.9 Å². The smallest absolute Gasteiger partial charge is 0.359 e. The van der Waals surface area contributed by atoms with Gasteiger partial charge in [0.25, 0.3) is 11.5 Å². The van der Waals surface area contributed by atoms with Gasteiger partial charge in [-0.3, -0.25) is 9.59 Å². The minimum absolute atomic E-state index is 0.0392. The number of aromatic nitrogens is 2. The number of esters is 1. The molecule has 1 aromatic carbocycles. The van der Waals surface area contributed by atoms with E-state index in [1.54, 1.807) is 12.1 Å². The number of carbonyl (C=O) groups excluding carboxylic acids is 2. The SMILES string of the molecule is Cc1ccccc1NC(=O)C(C)OC(=O)c1ccc(=O)n(C)n1. The normalized spacial score (nSPS) is 11.6. The fraction of sp³-hybridized carbons (Fsp3) is 0.250. The third kappa shape index (κ3) is 4.03. The molecular weight excluding hydrogens is 298 g/mol. The van der Waals surface area contributed by atoms with Crippen LogP contribution in [0.25, 0.3) is 0 Å². The summed E-state index contributed by atoms with van der Waals surface area (Å²) in [5.41, 5.74) is 1.18. The lowest BCUT2D eigenvalue weighted by atomic mass is 10.2. The highest BCUT2D eigenvalue weighted by Crippen LogP contribution is 2.14. The monoisotopic (exact) mass is 315 g/mol. The maximum Gasteiger partial charge on any atom is 0.359 e. The first kappa shape index (κ1) is 16.4. The Bertz CT molecular complexity index is 798. The van der Waals surface area contributed by atoms with Crippen molar-refractivity contribution in [2.75, 3.05) is 5.32 Å². The van der Waals surface area contributed by atoms with Crippen LogP contribution in [-0.2, 0) is 16.6 Å². The van der Waals surface area contributed by atoms with Crippen molar-refractivity contribution in [1.29, 1.82) is 0 Å². The Morgan fingerprint density at radius 2 is 1.91 bits per heavy atom. The average Bonchev–Trinajstić information content (AvgIpc) is 2.52. The Hall–Kier alpha value is -2.96. The van der Waals surface area contributed by atoms with Gasteiger partial charge >= 0.3 is 5.97 Å². The summed E-state index contributed by atoms with van der Waals surface area (Å²) in [6.45, 7) is 3.33. The number of carbonyl (C=O) groups is 2. The van der Waals surface area contributed by atoms with Crippen molar-refractivity contribution in [1.82, 2.24) is 9.78 Å². The van der Waals surface area contributed by atoms with Crippen LogP contribution in [0.4, 0.5) is 5.69 Å². The molecule has 0 aliphatic carbocycles. The first-order valence-electron chi connectivity index (χ1n) is 7.00. The van der Waals surface area contributed by atoms with Crippen LogP contribution in [0.2, 0.25) is 0 Å². The van der Waals surface area contributed by atoms with Gasteiger partial charge in [0, 0.05) is 18.8 Å². The second kappa shape index (κ2) is 6.87. The lowest BCUT2D eigenvalue weighted by Gasteiger charge is -2.14. The van der Waals surface area contributed by atoms with Gasteiger partial charge in [0.15, 0.2) is 11.8 Å². The number of rotatable bonds is 4. The number of nitrogens with one attached hydrogen (secondary N) is 1. The van der Waals surface area contributed by atoms with E-state index in [0.29, 0.717) is 5.69 Å². The summed E-state index contributed by atoms with van der Waals surface area (Å²) in [6.07, 6.45) is -0.999. The van der Waals surface area contributed by atoms with Gasteiger partial charge in [-0.05, 0) is 31.5 Å². The maximum absolute atomic E-state index is 12.1. The zero-order chi connectivity index (χ0) is 17.0. The molecule has 1 heterocycles. The van der Waals surface area contributed by atoms with Crippen LogP contribution in [0.3, 0.4) is 0 Å². The maximum atomic E-state index is 12.1.